The molecule has 0 saturated heterocycles. The average Bonchev–Trinajstić information content (AvgIpc) is 2.99. The summed E-state index contributed by atoms with van der Waals surface area (Å²) in [5.41, 5.74) is 0. The molecule has 2 aliphatic carbocycles. The number of hydrogen-bond acceptors (Lipinski definition) is 3. The summed E-state index contributed by atoms with van der Waals surface area (Å²) in [4.78, 5) is 7.35. The van der Waals surface area contributed by atoms with Gasteiger partial charge in [0, 0.05) is 6.54 Å². The van der Waals surface area contributed by atoms with E-state index in [0.29, 0.717) is 0 Å². The Morgan fingerprint density at radius 3 is 1.86 bits per heavy atom. The highest BCUT2D eigenvalue weighted by Gasteiger charge is 2.36. The summed E-state index contributed by atoms with van der Waals surface area (Å²) in [6.45, 7) is 6.28. The second-order valence-electron chi connectivity index (χ2n) is 7.65. The first kappa shape index (κ1) is 17.0. The largest absolute Gasteiger partial charge is 0.309 e. The fraction of sp³-hybridized carbons (Fsp3) is 0.889. The zero-order valence-electron chi connectivity index (χ0n) is 14.6. The lowest BCUT2D eigenvalue weighted by Gasteiger charge is -2.29. The molecule has 0 aliphatic heterocycles. The molecule has 3 nitrogen and oxygen atoms in total. The first-order valence-electron chi connectivity index (χ1n) is 8.74. The monoisotopic (exact) mass is 293 g/mol. The number of allylic oxidation sites excluding steroid dienone is 2. The van der Waals surface area contributed by atoms with Gasteiger partial charge in [0.1, 0.15) is 0 Å². The molecular weight excluding hydrogens is 258 g/mol. The van der Waals surface area contributed by atoms with Gasteiger partial charge < -0.3 is 14.7 Å². The van der Waals surface area contributed by atoms with Crippen LogP contribution in [0.15, 0.2) is 12.2 Å². The van der Waals surface area contributed by atoms with Crippen LogP contribution in [0.3, 0.4) is 0 Å². The van der Waals surface area contributed by atoms with Crippen LogP contribution in [0, 0.1) is 17.8 Å². The summed E-state index contributed by atoms with van der Waals surface area (Å²) in [6, 6.07) is 0. The standard InChI is InChI=1S/C18H35N3/c1-19(2)9-5-11-21(12-6-10-20(3)4)15-18-14-16-7-8-17(18)13-16/h7-8,16-18H,5-6,9-15H2,1-4H3/t16-,17+,18+/m0/s1. The minimum atomic E-state index is 0.889. The van der Waals surface area contributed by atoms with Crippen LogP contribution in [-0.2, 0) is 0 Å². The predicted octanol–water partition coefficient (Wildman–Crippen LogP) is 2.40. The summed E-state index contributed by atoms with van der Waals surface area (Å²) in [5.74, 6) is 2.73. The van der Waals surface area contributed by atoms with Gasteiger partial charge in [-0.05, 0) is 97.8 Å². The molecule has 0 radical (unpaired) electrons. The van der Waals surface area contributed by atoms with Gasteiger partial charge in [-0.1, -0.05) is 12.2 Å². The zero-order valence-corrected chi connectivity index (χ0v) is 14.6. The highest BCUT2D eigenvalue weighted by atomic mass is 15.1. The van der Waals surface area contributed by atoms with Crippen LogP contribution in [-0.4, -0.2) is 75.6 Å². The van der Waals surface area contributed by atoms with Gasteiger partial charge in [-0.2, -0.15) is 0 Å². The predicted molar refractivity (Wildman–Crippen MR) is 91.6 cm³/mol. The second kappa shape index (κ2) is 8.30. The molecule has 2 aliphatic rings. The third-order valence-electron chi connectivity index (χ3n) is 5.07. The van der Waals surface area contributed by atoms with Crippen molar-refractivity contribution in [2.75, 3.05) is 60.9 Å². The van der Waals surface area contributed by atoms with E-state index in [9.17, 15) is 0 Å². The Hall–Kier alpha value is -0.380. The first-order valence-corrected chi connectivity index (χ1v) is 8.74. The van der Waals surface area contributed by atoms with E-state index in [4.69, 9.17) is 0 Å². The maximum Gasteiger partial charge on any atom is 0.00155 e. The molecule has 0 aromatic rings. The number of nitrogens with zero attached hydrogens (tertiary/aromatic N) is 3. The highest BCUT2D eigenvalue weighted by molar-refractivity contribution is 5.10. The van der Waals surface area contributed by atoms with E-state index < -0.39 is 0 Å². The van der Waals surface area contributed by atoms with Crippen LogP contribution in [0.5, 0.6) is 0 Å². The van der Waals surface area contributed by atoms with Crippen molar-refractivity contribution in [1.29, 1.82) is 0 Å². The van der Waals surface area contributed by atoms with Crippen molar-refractivity contribution in [2.24, 2.45) is 17.8 Å². The Labute approximate surface area is 132 Å². The molecule has 2 bridgehead atoms. The number of fused-ring (bicyclic) bond motifs is 2. The van der Waals surface area contributed by atoms with Gasteiger partial charge in [-0.25, -0.2) is 0 Å². The molecule has 122 valence electrons. The summed E-state index contributed by atoms with van der Waals surface area (Å²) in [6.07, 6.45) is 10.4. The zero-order chi connectivity index (χ0) is 15.2. The normalized spacial score (nSPS) is 27.7. The topological polar surface area (TPSA) is 9.72 Å². The van der Waals surface area contributed by atoms with Gasteiger partial charge in [-0.15, -0.1) is 0 Å². The molecule has 0 amide bonds. The van der Waals surface area contributed by atoms with Gasteiger partial charge >= 0.3 is 0 Å². The Bertz CT molecular complexity index is 310. The van der Waals surface area contributed by atoms with E-state index in [-0.39, 0.29) is 0 Å². The fourth-order valence-corrected chi connectivity index (χ4v) is 3.95. The van der Waals surface area contributed by atoms with Crippen LogP contribution in [0.2, 0.25) is 0 Å². The lowest BCUT2D eigenvalue weighted by Crippen LogP contribution is -2.35. The minimum absolute atomic E-state index is 0.889. The molecule has 1 fully saturated rings. The maximum atomic E-state index is 2.74. The van der Waals surface area contributed by atoms with Gasteiger partial charge in [0.15, 0.2) is 0 Å². The van der Waals surface area contributed by atoms with Crippen molar-refractivity contribution >= 4 is 0 Å². The molecule has 0 N–H and O–H groups in total. The molecule has 3 atom stereocenters. The number of hydrogen-bond donors (Lipinski definition) is 0. The van der Waals surface area contributed by atoms with Crippen LogP contribution in [0.25, 0.3) is 0 Å². The molecule has 2 rings (SSSR count). The Balaban J connectivity index is 1.75. The summed E-state index contributed by atoms with van der Waals surface area (Å²) in [5, 5.41) is 0. The van der Waals surface area contributed by atoms with Crippen molar-refractivity contribution in [3.63, 3.8) is 0 Å². The molecule has 0 aromatic carbocycles. The van der Waals surface area contributed by atoms with Gasteiger partial charge in [0.2, 0.25) is 0 Å². The van der Waals surface area contributed by atoms with Crippen molar-refractivity contribution in [1.82, 2.24) is 14.7 Å². The smallest absolute Gasteiger partial charge is 0.00155 e. The van der Waals surface area contributed by atoms with E-state index in [2.05, 4.69) is 55.0 Å². The van der Waals surface area contributed by atoms with Crippen molar-refractivity contribution < 1.29 is 0 Å². The van der Waals surface area contributed by atoms with Crippen LogP contribution in [0.1, 0.15) is 25.7 Å². The maximum absolute atomic E-state index is 2.74. The van der Waals surface area contributed by atoms with E-state index in [1.165, 1.54) is 58.4 Å². The molecule has 0 aromatic heterocycles. The van der Waals surface area contributed by atoms with Crippen LogP contribution in [0.4, 0.5) is 0 Å². The average molecular weight is 293 g/mol. The van der Waals surface area contributed by atoms with E-state index in [1.54, 1.807) is 0 Å². The molecular formula is C18H35N3. The van der Waals surface area contributed by atoms with E-state index >= 15 is 0 Å². The molecule has 0 unspecified atom stereocenters. The Kier molecular flexibility index (Phi) is 6.72. The minimum Gasteiger partial charge on any atom is -0.309 e. The van der Waals surface area contributed by atoms with Gasteiger partial charge in [0.05, 0.1) is 0 Å². The number of rotatable bonds is 10. The first-order chi connectivity index (χ1) is 10.0. The fourth-order valence-electron chi connectivity index (χ4n) is 3.95. The Morgan fingerprint density at radius 2 is 1.43 bits per heavy atom. The second-order valence-corrected chi connectivity index (χ2v) is 7.65. The summed E-state index contributed by atoms with van der Waals surface area (Å²) >= 11 is 0. The quantitative estimate of drug-likeness (QED) is 0.573. The lowest BCUT2D eigenvalue weighted by atomic mass is 9.93. The SMILES string of the molecule is CN(C)CCCN(CCCN(C)C)C[C@H]1C[C@H]2C=C[C@@H]1C2. The van der Waals surface area contributed by atoms with E-state index in [0.717, 1.165) is 17.8 Å². The van der Waals surface area contributed by atoms with Gasteiger partial charge in [0.25, 0.3) is 0 Å². The van der Waals surface area contributed by atoms with Crippen molar-refractivity contribution in [3.8, 4) is 0 Å². The van der Waals surface area contributed by atoms with Crippen LogP contribution >= 0.6 is 0 Å². The van der Waals surface area contributed by atoms with Gasteiger partial charge in [-0.3, -0.25) is 0 Å². The van der Waals surface area contributed by atoms with Crippen LogP contribution < -0.4 is 0 Å². The molecule has 0 heterocycles. The third kappa shape index (κ3) is 5.72. The lowest BCUT2D eigenvalue weighted by molar-refractivity contribution is 0.196. The van der Waals surface area contributed by atoms with Crippen molar-refractivity contribution in [2.45, 2.75) is 25.7 Å². The third-order valence-corrected chi connectivity index (χ3v) is 5.07. The summed E-state index contributed by atoms with van der Waals surface area (Å²) in [7, 11) is 8.71. The molecule has 1 saturated carbocycles. The molecule has 3 heteroatoms. The Morgan fingerprint density at radius 1 is 0.810 bits per heavy atom. The highest BCUT2D eigenvalue weighted by Crippen LogP contribution is 2.43. The molecule has 21 heavy (non-hydrogen) atoms. The van der Waals surface area contributed by atoms with E-state index in [1.807, 2.05) is 0 Å². The van der Waals surface area contributed by atoms with Crippen molar-refractivity contribution in [3.05, 3.63) is 12.2 Å². The molecule has 0 spiro atoms. The summed E-state index contributed by atoms with van der Waals surface area (Å²) < 4.78 is 0.